The number of fused-ring (bicyclic) bond motifs is 1. The number of carbonyl (C=O) groups is 3. The van der Waals surface area contributed by atoms with E-state index in [4.69, 9.17) is 22.4 Å². The summed E-state index contributed by atoms with van der Waals surface area (Å²) in [5.74, 6) is -1.35. The Hall–Kier alpha value is -2.62. The fourth-order valence-electron chi connectivity index (χ4n) is 3.41. The number of benzene rings is 1. The Morgan fingerprint density at radius 3 is 2.57 bits per heavy atom. The Morgan fingerprint density at radius 2 is 1.90 bits per heavy atom. The summed E-state index contributed by atoms with van der Waals surface area (Å²) in [7, 11) is 0. The van der Waals surface area contributed by atoms with Gasteiger partial charge in [0.2, 0.25) is 0 Å². The van der Waals surface area contributed by atoms with Crippen molar-refractivity contribution in [2.45, 2.75) is 32.2 Å². The maximum atomic E-state index is 12.4. The lowest BCUT2D eigenvalue weighted by atomic mass is 10.0. The second-order valence-electron chi connectivity index (χ2n) is 7.04. The van der Waals surface area contributed by atoms with Crippen molar-refractivity contribution in [1.29, 1.82) is 0 Å². The van der Waals surface area contributed by atoms with E-state index >= 15 is 0 Å². The van der Waals surface area contributed by atoms with Gasteiger partial charge in [-0.1, -0.05) is 11.6 Å². The van der Waals surface area contributed by atoms with Crippen molar-refractivity contribution in [2.75, 3.05) is 23.7 Å². The molecule has 160 valence electrons. The van der Waals surface area contributed by atoms with Gasteiger partial charge in [0.05, 0.1) is 5.56 Å². The number of unbranched alkanes of at least 4 members (excludes halogenated alkanes) is 1. The highest BCUT2D eigenvalue weighted by Gasteiger charge is 2.27. The zero-order valence-corrected chi connectivity index (χ0v) is 17.8. The normalized spacial score (nSPS) is 13.5. The molecular weight excluding hydrogens is 428 g/mol. The number of amides is 3. The van der Waals surface area contributed by atoms with Crippen molar-refractivity contribution in [1.82, 2.24) is 4.90 Å². The Bertz CT molecular complexity index is 945. The van der Waals surface area contributed by atoms with Crippen molar-refractivity contribution >= 4 is 51.5 Å². The number of nitrogens with two attached hydrogens (primary N) is 1. The summed E-state index contributed by atoms with van der Waals surface area (Å²) in [6.07, 6.45) is 2.25. The highest BCUT2D eigenvalue weighted by molar-refractivity contribution is 7.17. The van der Waals surface area contributed by atoms with Gasteiger partial charge in [0.25, 0.3) is 5.91 Å². The molecule has 8 nitrogen and oxygen atoms in total. The zero-order chi connectivity index (χ0) is 21.7. The van der Waals surface area contributed by atoms with Gasteiger partial charge in [0.1, 0.15) is 5.00 Å². The van der Waals surface area contributed by atoms with Crippen LogP contribution >= 0.6 is 22.9 Å². The summed E-state index contributed by atoms with van der Waals surface area (Å²) >= 11 is 7.20. The molecule has 0 atom stereocenters. The van der Waals surface area contributed by atoms with Crippen molar-refractivity contribution in [2.24, 2.45) is 5.73 Å². The van der Waals surface area contributed by atoms with Crippen LogP contribution in [-0.2, 0) is 17.8 Å². The minimum Gasteiger partial charge on any atom is -0.481 e. The van der Waals surface area contributed by atoms with E-state index < -0.39 is 17.9 Å². The first-order valence-electron chi connectivity index (χ1n) is 9.55. The molecule has 1 aromatic heterocycles. The number of primary amides is 1. The molecule has 1 aliphatic rings. The highest BCUT2D eigenvalue weighted by atomic mass is 35.5. The average molecular weight is 451 g/mol. The molecule has 0 bridgehead atoms. The van der Waals surface area contributed by atoms with E-state index in [1.807, 2.05) is 0 Å². The van der Waals surface area contributed by atoms with E-state index in [2.05, 4.69) is 15.5 Å². The molecule has 3 rings (SSSR count). The van der Waals surface area contributed by atoms with Crippen LogP contribution in [0.15, 0.2) is 24.3 Å². The van der Waals surface area contributed by atoms with Gasteiger partial charge < -0.3 is 16.2 Å². The number of thiophene rings is 1. The van der Waals surface area contributed by atoms with Crippen LogP contribution in [0.2, 0.25) is 5.02 Å². The predicted octanol–water partition coefficient (Wildman–Crippen LogP) is 3.76. The molecule has 0 radical (unpaired) electrons. The van der Waals surface area contributed by atoms with Gasteiger partial charge in [0.15, 0.2) is 0 Å². The molecule has 3 amide bonds. The van der Waals surface area contributed by atoms with E-state index in [0.29, 0.717) is 40.7 Å². The van der Waals surface area contributed by atoms with Crippen LogP contribution in [0.5, 0.6) is 0 Å². The maximum absolute atomic E-state index is 12.4. The van der Waals surface area contributed by atoms with Crippen LogP contribution in [0.4, 0.5) is 15.5 Å². The first kappa shape index (κ1) is 22.1. The molecule has 0 spiro atoms. The lowest BCUT2D eigenvalue weighted by Gasteiger charge is -2.26. The zero-order valence-electron chi connectivity index (χ0n) is 16.2. The summed E-state index contributed by atoms with van der Waals surface area (Å²) in [6.45, 7) is 2.19. The molecule has 0 fully saturated rings. The van der Waals surface area contributed by atoms with Gasteiger partial charge in [0, 0.05) is 35.1 Å². The van der Waals surface area contributed by atoms with E-state index in [1.54, 1.807) is 24.3 Å². The third-order valence-corrected chi connectivity index (χ3v) is 6.21. The van der Waals surface area contributed by atoms with E-state index in [-0.39, 0.29) is 6.42 Å². The number of carbonyl (C=O) groups excluding carboxylic acids is 2. The molecule has 30 heavy (non-hydrogen) atoms. The summed E-state index contributed by atoms with van der Waals surface area (Å²) in [6, 6.07) is 6.22. The standard InChI is InChI=1S/C20H23ClN4O4S/c21-12-4-6-13(7-5-12)23-20(29)24-19-17(18(22)28)14-8-10-25(11-15(14)30-19)9-2-1-3-16(26)27/h4-7H,1-3,8-11H2,(H2,22,28)(H,26,27)(H2,23,24,29). The number of aliphatic carboxylic acids is 1. The van der Waals surface area contributed by atoms with Crippen molar-refractivity contribution < 1.29 is 19.5 Å². The van der Waals surface area contributed by atoms with Crippen LogP contribution in [0.1, 0.15) is 40.1 Å². The van der Waals surface area contributed by atoms with Crippen LogP contribution in [0.25, 0.3) is 0 Å². The van der Waals surface area contributed by atoms with Crippen LogP contribution in [-0.4, -0.2) is 41.0 Å². The maximum Gasteiger partial charge on any atom is 0.324 e. The first-order valence-corrected chi connectivity index (χ1v) is 10.7. The number of urea groups is 1. The van der Waals surface area contributed by atoms with Gasteiger partial charge in [-0.2, -0.15) is 0 Å². The molecule has 0 unspecified atom stereocenters. The van der Waals surface area contributed by atoms with Crippen LogP contribution in [0, 0.1) is 0 Å². The summed E-state index contributed by atoms with van der Waals surface area (Å²) in [4.78, 5) is 38.3. The largest absolute Gasteiger partial charge is 0.481 e. The van der Waals surface area contributed by atoms with Crippen molar-refractivity contribution in [3.8, 4) is 0 Å². The van der Waals surface area contributed by atoms with E-state index in [1.165, 1.54) is 11.3 Å². The molecule has 5 N–H and O–H groups in total. The van der Waals surface area contributed by atoms with Gasteiger partial charge in [-0.25, -0.2) is 4.79 Å². The first-order chi connectivity index (χ1) is 14.3. The lowest BCUT2D eigenvalue weighted by Crippen LogP contribution is -2.31. The fourth-order valence-corrected chi connectivity index (χ4v) is 4.82. The molecule has 1 aliphatic heterocycles. The average Bonchev–Trinajstić information content (AvgIpc) is 3.04. The molecule has 2 heterocycles. The lowest BCUT2D eigenvalue weighted by molar-refractivity contribution is -0.137. The van der Waals surface area contributed by atoms with E-state index in [9.17, 15) is 14.4 Å². The molecule has 10 heteroatoms. The quantitative estimate of drug-likeness (QED) is 0.456. The summed E-state index contributed by atoms with van der Waals surface area (Å²) in [5, 5.41) is 15.2. The number of carboxylic acid groups (broad SMARTS) is 1. The number of hydrogen-bond donors (Lipinski definition) is 4. The second-order valence-corrected chi connectivity index (χ2v) is 8.58. The van der Waals surface area contributed by atoms with Crippen LogP contribution < -0.4 is 16.4 Å². The molecule has 1 aromatic carbocycles. The number of nitrogens with zero attached hydrogens (tertiary/aromatic N) is 1. The molecule has 0 saturated heterocycles. The van der Waals surface area contributed by atoms with Gasteiger partial charge >= 0.3 is 12.0 Å². The van der Waals surface area contributed by atoms with Crippen molar-refractivity contribution in [3.05, 3.63) is 45.3 Å². The number of halogens is 1. The van der Waals surface area contributed by atoms with Gasteiger partial charge in [-0.05, 0) is 55.6 Å². The Balaban J connectivity index is 1.66. The van der Waals surface area contributed by atoms with Gasteiger partial charge in [-0.3, -0.25) is 19.8 Å². The Kier molecular flexibility index (Phi) is 7.30. The third-order valence-electron chi connectivity index (χ3n) is 4.83. The van der Waals surface area contributed by atoms with Gasteiger partial charge in [-0.15, -0.1) is 11.3 Å². The molecular formula is C20H23ClN4O4S. The second kappa shape index (κ2) is 9.92. The number of rotatable bonds is 8. The Labute approximate surface area is 183 Å². The smallest absolute Gasteiger partial charge is 0.324 e. The predicted molar refractivity (Wildman–Crippen MR) is 117 cm³/mol. The van der Waals surface area contributed by atoms with Crippen molar-refractivity contribution in [3.63, 3.8) is 0 Å². The monoisotopic (exact) mass is 450 g/mol. The minimum atomic E-state index is -0.784. The fraction of sp³-hybridized carbons (Fsp3) is 0.350. The highest BCUT2D eigenvalue weighted by Crippen LogP contribution is 2.37. The molecule has 0 saturated carbocycles. The number of nitrogens with one attached hydrogen (secondary N) is 2. The number of anilines is 2. The third kappa shape index (κ3) is 5.71. The summed E-state index contributed by atoms with van der Waals surface area (Å²) < 4.78 is 0. The molecule has 0 aliphatic carbocycles. The SMILES string of the molecule is NC(=O)c1c(NC(=O)Nc2ccc(Cl)cc2)sc2c1CCN(CCCCC(=O)O)C2. The number of carboxylic acids is 1. The van der Waals surface area contributed by atoms with E-state index in [0.717, 1.165) is 30.0 Å². The molecule has 2 aromatic rings. The summed E-state index contributed by atoms with van der Waals surface area (Å²) in [5.41, 5.74) is 7.43. The van der Waals surface area contributed by atoms with Crippen LogP contribution in [0.3, 0.4) is 0 Å². The number of hydrogen-bond acceptors (Lipinski definition) is 5. The topological polar surface area (TPSA) is 125 Å². The Morgan fingerprint density at radius 1 is 1.17 bits per heavy atom. The minimum absolute atomic E-state index is 0.167.